The number of piperidine rings is 1. The third-order valence-electron chi connectivity index (χ3n) is 4.84. The molecule has 0 saturated carbocycles. The van der Waals surface area contributed by atoms with E-state index in [1.165, 1.54) is 0 Å². The van der Waals surface area contributed by atoms with Crippen LogP contribution in [0.25, 0.3) is 0 Å². The van der Waals surface area contributed by atoms with Crippen LogP contribution in [-0.4, -0.2) is 60.8 Å². The zero-order valence-corrected chi connectivity index (χ0v) is 16.3. The molecule has 0 amide bonds. The van der Waals surface area contributed by atoms with Crippen LogP contribution < -0.4 is 21.7 Å². The average molecular weight is 366 g/mol. The van der Waals surface area contributed by atoms with Gasteiger partial charge in [-0.2, -0.15) is 0 Å². The predicted molar refractivity (Wildman–Crippen MR) is 106 cm³/mol. The van der Waals surface area contributed by atoms with Crippen LogP contribution in [0.2, 0.25) is 0 Å². The summed E-state index contributed by atoms with van der Waals surface area (Å²) < 4.78 is 0. The Kier molecular flexibility index (Phi) is 7.28. The first kappa shape index (κ1) is 20.5. The molecule has 0 aromatic heterocycles. The van der Waals surface area contributed by atoms with E-state index in [-0.39, 0.29) is 11.4 Å². The number of nitrogens with zero attached hydrogens (tertiary/aromatic N) is 2. The van der Waals surface area contributed by atoms with Crippen LogP contribution in [0, 0.1) is 16.7 Å². The molecule has 8 nitrogen and oxygen atoms in total. The predicted octanol–water partition coefficient (Wildman–Crippen LogP) is 0.369. The van der Waals surface area contributed by atoms with Gasteiger partial charge in [-0.1, -0.05) is 20.8 Å². The Morgan fingerprint density at radius 1 is 1.38 bits per heavy atom. The Morgan fingerprint density at radius 2 is 2.08 bits per heavy atom. The van der Waals surface area contributed by atoms with E-state index in [1.54, 1.807) is 0 Å². The van der Waals surface area contributed by atoms with Crippen molar-refractivity contribution in [2.24, 2.45) is 22.1 Å². The number of nitrogens with one attached hydrogen (secondary N) is 4. The first-order chi connectivity index (χ1) is 12.3. The standard InChI is InChI=1S/C18H35N7O/c1-18(2,3)16-23-12-14(15(26)24-16)25-9-5-13(6-10-25)11-21-7-4-8-22-17(19)20/h12-13,15,21,26H,4-11H2,1-3H3,(H,23,24)(H4,19,20,22). The van der Waals surface area contributed by atoms with Crippen LogP contribution in [-0.2, 0) is 0 Å². The molecule has 0 aromatic rings. The lowest BCUT2D eigenvalue weighted by Crippen LogP contribution is -2.44. The molecule has 7 N–H and O–H groups in total. The van der Waals surface area contributed by atoms with E-state index in [0.717, 1.165) is 63.5 Å². The lowest BCUT2D eigenvalue weighted by atomic mass is 9.94. The van der Waals surface area contributed by atoms with Gasteiger partial charge in [-0.15, -0.1) is 0 Å². The molecule has 8 heteroatoms. The highest BCUT2D eigenvalue weighted by Gasteiger charge is 2.29. The molecule has 2 heterocycles. The van der Waals surface area contributed by atoms with Gasteiger partial charge >= 0.3 is 0 Å². The van der Waals surface area contributed by atoms with Gasteiger partial charge in [0.25, 0.3) is 0 Å². The van der Waals surface area contributed by atoms with Gasteiger partial charge < -0.3 is 31.7 Å². The van der Waals surface area contributed by atoms with Crippen molar-refractivity contribution in [3.05, 3.63) is 11.9 Å². The van der Waals surface area contributed by atoms with E-state index in [0.29, 0.717) is 5.92 Å². The molecule has 0 aliphatic carbocycles. The normalized spacial score (nSPS) is 21.7. The summed E-state index contributed by atoms with van der Waals surface area (Å²) in [6.07, 6.45) is 4.32. The van der Waals surface area contributed by atoms with Gasteiger partial charge in [0.05, 0.1) is 5.70 Å². The maximum Gasteiger partial charge on any atom is 0.189 e. The van der Waals surface area contributed by atoms with Crippen molar-refractivity contribution >= 4 is 11.8 Å². The van der Waals surface area contributed by atoms with Crippen molar-refractivity contribution in [1.29, 1.82) is 5.41 Å². The number of guanidine groups is 1. The summed E-state index contributed by atoms with van der Waals surface area (Å²) in [7, 11) is 0. The van der Waals surface area contributed by atoms with Crippen molar-refractivity contribution in [2.45, 2.75) is 46.3 Å². The molecule has 26 heavy (non-hydrogen) atoms. The number of amidine groups is 1. The molecule has 0 spiro atoms. The van der Waals surface area contributed by atoms with Crippen LogP contribution in [0.1, 0.15) is 40.0 Å². The highest BCUT2D eigenvalue weighted by atomic mass is 16.3. The second-order valence-corrected chi connectivity index (χ2v) is 8.14. The fourth-order valence-electron chi connectivity index (χ4n) is 3.25. The number of likely N-dealkylation sites (tertiary alicyclic amines) is 1. The molecule has 1 fully saturated rings. The number of hydrogen-bond donors (Lipinski definition) is 6. The first-order valence-corrected chi connectivity index (χ1v) is 9.54. The summed E-state index contributed by atoms with van der Waals surface area (Å²) in [5.74, 6) is 1.52. The molecule has 0 radical (unpaired) electrons. The van der Waals surface area contributed by atoms with Crippen LogP contribution in [0.5, 0.6) is 0 Å². The van der Waals surface area contributed by atoms with Crippen LogP contribution in [0.15, 0.2) is 16.9 Å². The number of nitrogens with two attached hydrogens (primary N) is 1. The lowest BCUT2D eigenvalue weighted by Gasteiger charge is -2.38. The number of aliphatic hydroxyl groups is 1. The molecule has 1 saturated heterocycles. The molecular weight excluding hydrogens is 330 g/mol. The molecule has 1 atom stereocenters. The fourth-order valence-corrected chi connectivity index (χ4v) is 3.25. The van der Waals surface area contributed by atoms with Gasteiger partial charge in [0.1, 0.15) is 5.84 Å². The van der Waals surface area contributed by atoms with Gasteiger partial charge in [0.2, 0.25) is 0 Å². The quantitative estimate of drug-likeness (QED) is 0.220. The van der Waals surface area contributed by atoms with Gasteiger partial charge in [0, 0.05) is 31.2 Å². The average Bonchev–Trinajstić information content (AvgIpc) is 2.57. The van der Waals surface area contributed by atoms with E-state index in [1.807, 2.05) is 6.20 Å². The summed E-state index contributed by atoms with van der Waals surface area (Å²) in [5.41, 5.74) is 6.03. The largest absolute Gasteiger partial charge is 0.370 e. The molecule has 1 unspecified atom stereocenters. The SMILES string of the molecule is CC(C)(C)C1=NC(O)C(N2CCC(CNCCCNC(=N)N)CC2)=CN1. The molecule has 148 valence electrons. The molecule has 0 bridgehead atoms. The Hall–Kier alpha value is -1.80. The number of hydrogen-bond acceptors (Lipinski definition) is 6. The maximum atomic E-state index is 10.4. The van der Waals surface area contributed by atoms with Gasteiger partial charge in [-0.25, -0.2) is 4.99 Å². The van der Waals surface area contributed by atoms with Crippen molar-refractivity contribution < 1.29 is 5.11 Å². The van der Waals surface area contributed by atoms with Crippen LogP contribution >= 0.6 is 0 Å². The molecule has 2 aliphatic rings. The summed E-state index contributed by atoms with van der Waals surface area (Å²) >= 11 is 0. The maximum absolute atomic E-state index is 10.4. The smallest absolute Gasteiger partial charge is 0.189 e. The van der Waals surface area contributed by atoms with Crippen molar-refractivity contribution in [2.75, 3.05) is 32.7 Å². The van der Waals surface area contributed by atoms with Gasteiger partial charge in [-0.3, -0.25) is 5.41 Å². The lowest BCUT2D eigenvalue weighted by molar-refractivity contribution is 0.138. The summed E-state index contributed by atoms with van der Waals surface area (Å²) in [4.78, 5) is 6.67. The zero-order valence-electron chi connectivity index (χ0n) is 16.3. The van der Waals surface area contributed by atoms with Crippen LogP contribution in [0.4, 0.5) is 0 Å². The Bertz CT molecular complexity index is 530. The minimum atomic E-state index is -0.770. The second kappa shape index (κ2) is 9.23. The minimum Gasteiger partial charge on any atom is -0.370 e. The van der Waals surface area contributed by atoms with Gasteiger partial charge in [0.15, 0.2) is 12.2 Å². The van der Waals surface area contributed by atoms with Crippen molar-refractivity contribution in [1.82, 2.24) is 20.9 Å². The number of aliphatic imine (C=N–C) groups is 1. The zero-order chi connectivity index (χ0) is 19.2. The van der Waals surface area contributed by atoms with E-state index < -0.39 is 6.23 Å². The number of rotatable bonds is 7. The third-order valence-corrected chi connectivity index (χ3v) is 4.84. The number of aliphatic hydroxyl groups excluding tert-OH is 1. The van der Waals surface area contributed by atoms with E-state index in [2.05, 4.69) is 46.6 Å². The fraction of sp³-hybridized carbons (Fsp3) is 0.778. The molecule has 2 rings (SSSR count). The van der Waals surface area contributed by atoms with Crippen molar-refractivity contribution in [3.63, 3.8) is 0 Å². The Labute approximate surface area is 156 Å². The molecule has 0 aromatic carbocycles. The monoisotopic (exact) mass is 365 g/mol. The first-order valence-electron chi connectivity index (χ1n) is 9.54. The highest BCUT2D eigenvalue weighted by Crippen LogP contribution is 2.25. The third kappa shape index (κ3) is 6.17. The van der Waals surface area contributed by atoms with E-state index in [4.69, 9.17) is 11.1 Å². The summed E-state index contributed by atoms with van der Waals surface area (Å²) in [5, 5.41) is 27.1. The summed E-state index contributed by atoms with van der Waals surface area (Å²) in [6.45, 7) is 10.8. The highest BCUT2D eigenvalue weighted by molar-refractivity contribution is 5.88. The Morgan fingerprint density at radius 3 is 2.65 bits per heavy atom. The van der Waals surface area contributed by atoms with Gasteiger partial charge in [-0.05, 0) is 38.3 Å². The van der Waals surface area contributed by atoms with E-state index >= 15 is 0 Å². The topological polar surface area (TPSA) is 122 Å². The summed E-state index contributed by atoms with van der Waals surface area (Å²) in [6, 6.07) is 0. The Balaban J connectivity index is 1.67. The molecular formula is C18H35N7O. The molecule has 2 aliphatic heterocycles. The van der Waals surface area contributed by atoms with Crippen LogP contribution in [0.3, 0.4) is 0 Å². The van der Waals surface area contributed by atoms with Crippen molar-refractivity contribution in [3.8, 4) is 0 Å². The van der Waals surface area contributed by atoms with E-state index in [9.17, 15) is 5.11 Å². The second-order valence-electron chi connectivity index (χ2n) is 8.14. The minimum absolute atomic E-state index is 0.0324.